The molecule has 136 valence electrons. The minimum Gasteiger partial charge on any atom is -0.339 e. The molecule has 0 unspecified atom stereocenters. The van der Waals surface area contributed by atoms with E-state index in [1.54, 1.807) is 0 Å². The van der Waals surface area contributed by atoms with Crippen molar-refractivity contribution in [3.05, 3.63) is 12.7 Å². The summed E-state index contributed by atoms with van der Waals surface area (Å²) in [5.74, 6) is -20.2. The Morgan fingerprint density at radius 3 is 1.78 bits per heavy atom. The normalized spacial score (nSPS) is 13.8. The largest absolute Gasteiger partial charge is 0.460 e. The van der Waals surface area contributed by atoms with Gasteiger partial charge in [-0.3, -0.25) is 4.79 Å². The van der Waals surface area contributed by atoms with Crippen LogP contribution in [0, 0.1) is 0 Å². The number of rotatable bonds is 8. The molecule has 11 heteroatoms. The van der Waals surface area contributed by atoms with Crippen LogP contribution < -0.4 is 0 Å². The quantitative estimate of drug-likeness (QED) is 0.468. The van der Waals surface area contributed by atoms with Crippen molar-refractivity contribution in [1.29, 1.82) is 0 Å². The molecule has 0 heterocycles. The molecule has 1 amide bonds. The topological polar surface area (TPSA) is 20.3 Å². The van der Waals surface area contributed by atoms with Gasteiger partial charge in [-0.15, -0.1) is 0 Å². The summed E-state index contributed by atoms with van der Waals surface area (Å²) in [5, 5.41) is 0. The Bertz CT molecular complexity index is 431. The molecule has 0 aliphatic rings. The smallest absolute Gasteiger partial charge is 0.339 e. The van der Waals surface area contributed by atoms with Crippen LogP contribution in [0.1, 0.15) is 19.8 Å². The Morgan fingerprint density at radius 2 is 1.43 bits per heavy atom. The van der Waals surface area contributed by atoms with Crippen LogP contribution in [0.4, 0.5) is 39.5 Å². The summed E-state index contributed by atoms with van der Waals surface area (Å²) < 4.78 is 114. The Kier molecular flexibility index (Phi) is 6.56. The molecule has 0 aromatic heterocycles. The van der Waals surface area contributed by atoms with Crippen molar-refractivity contribution >= 4 is 5.91 Å². The fourth-order valence-corrected chi connectivity index (χ4v) is 1.57. The van der Waals surface area contributed by atoms with Gasteiger partial charge in [0, 0.05) is 19.5 Å². The van der Waals surface area contributed by atoms with Crippen LogP contribution in [0.5, 0.6) is 0 Å². The number of nitrogens with zero attached hydrogens (tertiary/aromatic N) is 1. The lowest BCUT2D eigenvalue weighted by Gasteiger charge is -2.34. The molecule has 2 nitrogen and oxygen atoms in total. The van der Waals surface area contributed by atoms with Gasteiger partial charge in [0.1, 0.15) is 0 Å². The Balaban J connectivity index is 5.32. The highest BCUT2D eigenvalue weighted by atomic mass is 19.4. The number of hydrogen-bond donors (Lipinski definition) is 0. The first-order chi connectivity index (χ1) is 10.2. The van der Waals surface area contributed by atoms with E-state index < -0.39 is 42.8 Å². The second-order valence-electron chi connectivity index (χ2n) is 4.63. The van der Waals surface area contributed by atoms with Gasteiger partial charge in [-0.2, -0.15) is 39.5 Å². The van der Waals surface area contributed by atoms with Crippen LogP contribution in [0.2, 0.25) is 0 Å². The summed E-state index contributed by atoms with van der Waals surface area (Å²) in [6.07, 6.45) is -8.01. The van der Waals surface area contributed by atoms with Crippen LogP contribution in [0.3, 0.4) is 0 Å². The highest BCUT2D eigenvalue weighted by molar-refractivity contribution is 5.86. The standard InChI is InChI=1S/C12H14F9NO/c1-3-6-22(8(23)4-2)7-5-9(13,14)10(15,16)11(17,18)12(19,20)21/h4H,2-3,5-7H2,1H3. The molecule has 0 aliphatic heterocycles. The average Bonchev–Trinajstić information content (AvgIpc) is 2.40. The van der Waals surface area contributed by atoms with E-state index in [4.69, 9.17) is 0 Å². The van der Waals surface area contributed by atoms with E-state index in [0.717, 1.165) is 0 Å². The van der Waals surface area contributed by atoms with Gasteiger partial charge in [0.2, 0.25) is 5.91 Å². The van der Waals surface area contributed by atoms with Gasteiger partial charge < -0.3 is 4.90 Å². The fourth-order valence-electron chi connectivity index (χ4n) is 1.57. The number of alkyl halides is 9. The van der Waals surface area contributed by atoms with E-state index in [1.165, 1.54) is 6.92 Å². The second kappa shape index (κ2) is 7.00. The lowest BCUT2D eigenvalue weighted by molar-refractivity contribution is -0.396. The summed E-state index contributed by atoms with van der Waals surface area (Å²) in [5.41, 5.74) is 0. The molecule has 23 heavy (non-hydrogen) atoms. The van der Waals surface area contributed by atoms with Gasteiger partial charge >= 0.3 is 23.9 Å². The third-order valence-corrected chi connectivity index (χ3v) is 2.89. The van der Waals surface area contributed by atoms with Crippen molar-refractivity contribution in [2.75, 3.05) is 13.1 Å². The number of amides is 1. The molecular formula is C12H14F9NO. The number of halogens is 9. The highest BCUT2D eigenvalue weighted by Gasteiger charge is 2.81. The van der Waals surface area contributed by atoms with E-state index in [2.05, 4.69) is 6.58 Å². The average molecular weight is 359 g/mol. The van der Waals surface area contributed by atoms with Gasteiger partial charge in [-0.05, 0) is 12.5 Å². The molecule has 0 N–H and O–H groups in total. The van der Waals surface area contributed by atoms with Crippen molar-refractivity contribution in [1.82, 2.24) is 4.90 Å². The van der Waals surface area contributed by atoms with E-state index >= 15 is 0 Å². The zero-order valence-corrected chi connectivity index (χ0v) is 11.9. The maximum atomic E-state index is 13.3. The highest BCUT2D eigenvalue weighted by Crippen LogP contribution is 2.53. The predicted octanol–water partition coefficient (Wildman–Crippen LogP) is 4.27. The van der Waals surface area contributed by atoms with E-state index in [-0.39, 0.29) is 13.0 Å². The Labute approximate surface area is 125 Å². The minimum absolute atomic E-state index is 0.178. The van der Waals surface area contributed by atoms with Crippen LogP contribution >= 0.6 is 0 Å². The first-order valence-corrected chi connectivity index (χ1v) is 6.27. The van der Waals surface area contributed by atoms with Crippen molar-refractivity contribution in [3.8, 4) is 0 Å². The van der Waals surface area contributed by atoms with Crippen molar-refractivity contribution in [2.45, 2.75) is 43.7 Å². The molecule has 0 radical (unpaired) electrons. The van der Waals surface area contributed by atoms with Gasteiger partial charge in [-0.1, -0.05) is 13.5 Å². The fraction of sp³-hybridized carbons (Fsp3) is 0.750. The molecule has 0 saturated carbocycles. The third-order valence-electron chi connectivity index (χ3n) is 2.89. The van der Waals surface area contributed by atoms with E-state index in [1.807, 2.05) is 0 Å². The SMILES string of the molecule is C=CC(=O)N(CCC)CCC(F)(F)C(F)(F)C(F)(F)C(F)(F)F. The lowest BCUT2D eigenvalue weighted by atomic mass is 10.0. The monoisotopic (exact) mass is 359 g/mol. The zero-order chi connectivity index (χ0) is 18.7. The van der Waals surface area contributed by atoms with Crippen LogP contribution in [-0.4, -0.2) is 47.8 Å². The molecule has 0 aliphatic carbocycles. The van der Waals surface area contributed by atoms with Gasteiger partial charge in [0.15, 0.2) is 0 Å². The molecule has 0 fully saturated rings. The molecule has 0 aromatic rings. The molecule has 0 rings (SSSR count). The Morgan fingerprint density at radius 1 is 0.957 bits per heavy atom. The number of carbonyl (C=O) groups excluding carboxylic acids is 1. The molecular weight excluding hydrogens is 345 g/mol. The molecule has 0 bridgehead atoms. The van der Waals surface area contributed by atoms with Gasteiger partial charge in [0.05, 0.1) is 0 Å². The summed E-state index contributed by atoms with van der Waals surface area (Å²) >= 11 is 0. The first kappa shape index (κ1) is 21.6. The number of hydrogen-bond acceptors (Lipinski definition) is 1. The van der Waals surface area contributed by atoms with Crippen LogP contribution in [-0.2, 0) is 4.79 Å². The molecule has 0 spiro atoms. The van der Waals surface area contributed by atoms with Crippen LogP contribution in [0.15, 0.2) is 12.7 Å². The van der Waals surface area contributed by atoms with Crippen molar-refractivity contribution < 1.29 is 44.3 Å². The summed E-state index contributed by atoms with van der Waals surface area (Å²) in [4.78, 5) is 11.9. The lowest BCUT2D eigenvalue weighted by Crippen LogP contribution is -2.61. The first-order valence-electron chi connectivity index (χ1n) is 6.27. The number of carbonyl (C=O) groups is 1. The maximum absolute atomic E-state index is 13.3. The van der Waals surface area contributed by atoms with Crippen LogP contribution in [0.25, 0.3) is 0 Å². The summed E-state index contributed by atoms with van der Waals surface area (Å²) in [7, 11) is 0. The zero-order valence-electron chi connectivity index (χ0n) is 11.9. The maximum Gasteiger partial charge on any atom is 0.460 e. The van der Waals surface area contributed by atoms with E-state index in [0.29, 0.717) is 11.0 Å². The Hall–Kier alpha value is -1.42. The van der Waals surface area contributed by atoms with Crippen molar-refractivity contribution in [2.24, 2.45) is 0 Å². The van der Waals surface area contributed by atoms with Gasteiger partial charge in [-0.25, -0.2) is 0 Å². The third kappa shape index (κ3) is 4.31. The minimum atomic E-state index is -6.92. The summed E-state index contributed by atoms with van der Waals surface area (Å²) in [6.45, 7) is 3.23. The van der Waals surface area contributed by atoms with E-state index in [9.17, 15) is 44.3 Å². The van der Waals surface area contributed by atoms with Crippen molar-refractivity contribution in [3.63, 3.8) is 0 Å². The molecule has 0 aromatic carbocycles. The van der Waals surface area contributed by atoms with Gasteiger partial charge in [0.25, 0.3) is 0 Å². The summed E-state index contributed by atoms with van der Waals surface area (Å²) in [6, 6.07) is 0. The molecule has 0 atom stereocenters. The molecule has 0 saturated heterocycles. The predicted molar refractivity (Wildman–Crippen MR) is 62.6 cm³/mol. The second-order valence-corrected chi connectivity index (χ2v) is 4.63.